The van der Waals surface area contributed by atoms with Crippen LogP contribution in [0.25, 0.3) is 0 Å². The van der Waals surface area contributed by atoms with Gasteiger partial charge in [0.1, 0.15) is 6.04 Å². The van der Waals surface area contributed by atoms with Crippen LogP contribution in [0.15, 0.2) is 15.7 Å². The quantitative estimate of drug-likeness (QED) is 0.886. The number of rotatable bonds is 3. The molecule has 1 aromatic rings. The van der Waals surface area contributed by atoms with E-state index >= 15 is 0 Å². The molecule has 76 valence electrons. The first-order chi connectivity index (χ1) is 6.47. The second kappa shape index (κ2) is 4.28. The fourth-order valence-corrected chi connectivity index (χ4v) is 3.64. The Labute approximate surface area is 91.2 Å². The van der Waals surface area contributed by atoms with E-state index in [1.165, 1.54) is 13.0 Å². The average Bonchev–Trinajstić information content (AvgIpc) is 2.51. The summed E-state index contributed by atoms with van der Waals surface area (Å²) in [5.74, 6) is 0. The van der Waals surface area contributed by atoms with Crippen molar-refractivity contribution in [3.05, 3.63) is 16.5 Å². The molecule has 4 nitrogen and oxygen atoms in total. The van der Waals surface area contributed by atoms with Gasteiger partial charge in [-0.2, -0.15) is 9.98 Å². The first kappa shape index (κ1) is 11.5. The van der Waals surface area contributed by atoms with Crippen molar-refractivity contribution in [1.29, 1.82) is 5.26 Å². The number of hydrogen-bond donors (Lipinski definition) is 1. The number of halogens is 1. The smallest absolute Gasteiger partial charge is 0.206 e. The van der Waals surface area contributed by atoms with Crippen LogP contribution in [-0.2, 0) is 10.0 Å². The Hall–Kier alpha value is -0.610. The zero-order valence-corrected chi connectivity index (χ0v) is 9.58. The molecule has 0 bridgehead atoms. The largest absolute Gasteiger partial charge is 0.252 e. The lowest BCUT2D eigenvalue weighted by atomic mass is 10.4. The monoisotopic (exact) mass is 250 g/mol. The Morgan fingerprint density at radius 1 is 1.71 bits per heavy atom. The van der Waals surface area contributed by atoms with Crippen molar-refractivity contribution >= 4 is 33.0 Å². The predicted octanol–water partition coefficient (Wildman–Crippen LogP) is 1.59. The molecule has 1 rings (SSSR count). The lowest BCUT2D eigenvalue weighted by molar-refractivity contribution is 0.579. The predicted molar refractivity (Wildman–Crippen MR) is 54.7 cm³/mol. The minimum absolute atomic E-state index is 0.0428. The first-order valence-electron chi connectivity index (χ1n) is 3.62. The molecule has 1 aromatic heterocycles. The Bertz CT molecular complexity index is 460. The molecule has 0 aliphatic heterocycles. The van der Waals surface area contributed by atoms with E-state index in [0.717, 1.165) is 11.3 Å². The molecule has 0 saturated heterocycles. The van der Waals surface area contributed by atoms with Crippen LogP contribution in [0.4, 0.5) is 0 Å². The minimum atomic E-state index is -3.64. The number of thiophene rings is 1. The second-order valence-corrected chi connectivity index (χ2v) is 5.76. The van der Waals surface area contributed by atoms with Crippen LogP contribution in [-0.4, -0.2) is 14.5 Å². The molecule has 0 amide bonds. The first-order valence-corrected chi connectivity index (χ1v) is 6.36. The van der Waals surface area contributed by atoms with Crippen molar-refractivity contribution in [2.75, 3.05) is 0 Å². The summed E-state index contributed by atoms with van der Waals surface area (Å²) in [6, 6.07) is 2.51. The van der Waals surface area contributed by atoms with E-state index in [9.17, 15) is 8.42 Å². The molecular formula is C7H7ClN2O2S2. The van der Waals surface area contributed by atoms with Gasteiger partial charge < -0.3 is 0 Å². The lowest BCUT2D eigenvalue weighted by Crippen LogP contribution is -2.30. The molecule has 1 heterocycles. The Morgan fingerprint density at radius 2 is 2.36 bits per heavy atom. The summed E-state index contributed by atoms with van der Waals surface area (Å²) >= 11 is 6.68. The van der Waals surface area contributed by atoms with E-state index < -0.39 is 16.1 Å². The normalized spacial score (nSPS) is 13.5. The van der Waals surface area contributed by atoms with Gasteiger partial charge in [0.05, 0.1) is 11.1 Å². The Balaban J connectivity index is 3.00. The van der Waals surface area contributed by atoms with Crippen molar-refractivity contribution in [1.82, 2.24) is 4.72 Å². The maximum Gasteiger partial charge on any atom is 0.252 e. The Kier molecular flexibility index (Phi) is 3.50. The molecule has 14 heavy (non-hydrogen) atoms. The third-order valence-corrected chi connectivity index (χ3v) is 4.92. The topological polar surface area (TPSA) is 70.0 Å². The molecule has 0 saturated carbocycles. The molecule has 0 aromatic carbocycles. The summed E-state index contributed by atoms with van der Waals surface area (Å²) < 4.78 is 25.3. The van der Waals surface area contributed by atoms with E-state index in [1.54, 1.807) is 11.4 Å². The number of sulfonamides is 1. The Morgan fingerprint density at radius 3 is 2.79 bits per heavy atom. The van der Waals surface area contributed by atoms with Gasteiger partial charge >= 0.3 is 0 Å². The van der Waals surface area contributed by atoms with Crippen LogP contribution in [0.2, 0.25) is 5.02 Å². The van der Waals surface area contributed by atoms with E-state index in [0.29, 0.717) is 0 Å². The van der Waals surface area contributed by atoms with Gasteiger partial charge in [-0.25, -0.2) is 8.42 Å². The standard InChI is InChI=1S/C7H7ClN2O2S2/c1-5(4-9)10-14(11,12)7-6(8)2-3-13-7/h2-3,5,10H,1H3. The maximum absolute atomic E-state index is 11.5. The number of nitriles is 1. The molecule has 0 radical (unpaired) electrons. The van der Waals surface area contributed by atoms with Crippen molar-refractivity contribution < 1.29 is 8.42 Å². The van der Waals surface area contributed by atoms with Crippen LogP contribution >= 0.6 is 22.9 Å². The summed E-state index contributed by atoms with van der Waals surface area (Å²) in [5.41, 5.74) is 0. The molecule has 0 aliphatic rings. The van der Waals surface area contributed by atoms with Gasteiger partial charge in [0.2, 0.25) is 0 Å². The number of nitrogens with one attached hydrogen (secondary N) is 1. The van der Waals surface area contributed by atoms with Crippen LogP contribution in [0.3, 0.4) is 0 Å². The number of hydrogen-bond acceptors (Lipinski definition) is 4. The van der Waals surface area contributed by atoms with Crippen molar-refractivity contribution in [2.45, 2.75) is 17.2 Å². The van der Waals surface area contributed by atoms with Crippen LogP contribution in [0.1, 0.15) is 6.92 Å². The van der Waals surface area contributed by atoms with Crippen LogP contribution < -0.4 is 4.72 Å². The van der Waals surface area contributed by atoms with Gasteiger partial charge in [0, 0.05) is 0 Å². The average molecular weight is 251 g/mol. The van der Waals surface area contributed by atoms with Crippen LogP contribution in [0.5, 0.6) is 0 Å². The summed E-state index contributed by atoms with van der Waals surface area (Å²) in [4.78, 5) is 0. The summed E-state index contributed by atoms with van der Waals surface area (Å²) in [5, 5.41) is 10.2. The minimum Gasteiger partial charge on any atom is -0.206 e. The highest BCUT2D eigenvalue weighted by atomic mass is 35.5. The van der Waals surface area contributed by atoms with Gasteiger partial charge in [-0.05, 0) is 18.4 Å². The molecule has 0 fully saturated rings. The van der Waals surface area contributed by atoms with Crippen LogP contribution in [0, 0.1) is 11.3 Å². The number of nitrogens with zero attached hydrogens (tertiary/aromatic N) is 1. The highest BCUT2D eigenvalue weighted by molar-refractivity contribution is 7.91. The van der Waals surface area contributed by atoms with Gasteiger partial charge in [0.15, 0.2) is 4.21 Å². The molecule has 0 aliphatic carbocycles. The van der Waals surface area contributed by atoms with E-state index in [-0.39, 0.29) is 9.23 Å². The third kappa shape index (κ3) is 2.45. The van der Waals surface area contributed by atoms with Gasteiger partial charge in [-0.1, -0.05) is 11.6 Å². The van der Waals surface area contributed by atoms with E-state index in [1.807, 2.05) is 0 Å². The molecule has 1 N–H and O–H groups in total. The maximum atomic E-state index is 11.5. The summed E-state index contributed by atoms with van der Waals surface area (Å²) in [6.07, 6.45) is 0. The SMILES string of the molecule is CC(C#N)NS(=O)(=O)c1sccc1Cl. The second-order valence-electron chi connectivity index (χ2n) is 2.53. The molecule has 1 unspecified atom stereocenters. The molecule has 1 atom stereocenters. The lowest BCUT2D eigenvalue weighted by Gasteiger charge is -2.05. The zero-order chi connectivity index (χ0) is 10.8. The van der Waals surface area contributed by atoms with Crippen molar-refractivity contribution in [2.24, 2.45) is 0 Å². The summed E-state index contributed by atoms with van der Waals surface area (Å²) in [7, 11) is -3.64. The van der Waals surface area contributed by atoms with Gasteiger partial charge in [0.25, 0.3) is 10.0 Å². The highest BCUT2D eigenvalue weighted by Crippen LogP contribution is 2.26. The van der Waals surface area contributed by atoms with Gasteiger partial charge in [-0.15, -0.1) is 11.3 Å². The van der Waals surface area contributed by atoms with Crippen molar-refractivity contribution in [3.63, 3.8) is 0 Å². The molecule has 7 heteroatoms. The third-order valence-electron chi connectivity index (χ3n) is 1.35. The fraction of sp³-hybridized carbons (Fsp3) is 0.286. The molecule has 0 spiro atoms. The highest BCUT2D eigenvalue weighted by Gasteiger charge is 2.21. The molecular weight excluding hydrogens is 244 g/mol. The van der Waals surface area contributed by atoms with Gasteiger partial charge in [-0.3, -0.25) is 0 Å². The van der Waals surface area contributed by atoms with Crippen molar-refractivity contribution in [3.8, 4) is 6.07 Å². The fourth-order valence-electron chi connectivity index (χ4n) is 0.784. The van der Waals surface area contributed by atoms with E-state index in [2.05, 4.69) is 4.72 Å². The summed E-state index contributed by atoms with van der Waals surface area (Å²) in [6.45, 7) is 1.46. The van der Waals surface area contributed by atoms with E-state index in [4.69, 9.17) is 16.9 Å². The zero-order valence-electron chi connectivity index (χ0n) is 7.19.